The van der Waals surface area contributed by atoms with E-state index in [0.717, 1.165) is 12.8 Å². The molecule has 1 rings (SSSR count). The highest BCUT2D eigenvalue weighted by atomic mass is 16.5. The second-order valence-corrected chi connectivity index (χ2v) is 3.86. The summed E-state index contributed by atoms with van der Waals surface area (Å²) in [7, 11) is 0. The van der Waals surface area contributed by atoms with Crippen LogP contribution in [0.4, 0.5) is 0 Å². The molecule has 15 heavy (non-hydrogen) atoms. The highest BCUT2D eigenvalue weighted by Gasteiger charge is 2.31. The summed E-state index contributed by atoms with van der Waals surface area (Å²) in [4.78, 5) is 22.6. The zero-order chi connectivity index (χ0) is 11.4. The highest BCUT2D eigenvalue weighted by molar-refractivity contribution is 6.01. The van der Waals surface area contributed by atoms with Crippen LogP contribution in [0.5, 0.6) is 0 Å². The number of nitrogens with one attached hydrogen (secondary N) is 1. The Hall–Kier alpha value is -1.10. The van der Waals surface area contributed by atoms with Crippen molar-refractivity contribution < 1.29 is 14.3 Å². The number of hydrogen-bond donors (Lipinski definition) is 2. The van der Waals surface area contributed by atoms with Crippen LogP contribution in [0.15, 0.2) is 0 Å². The highest BCUT2D eigenvalue weighted by Crippen LogP contribution is 2.32. The van der Waals surface area contributed by atoms with Crippen molar-refractivity contribution in [2.45, 2.75) is 38.8 Å². The van der Waals surface area contributed by atoms with Gasteiger partial charge in [-0.2, -0.15) is 0 Å². The Balaban J connectivity index is 2.34. The van der Waals surface area contributed by atoms with Crippen molar-refractivity contribution in [1.82, 2.24) is 5.32 Å². The minimum Gasteiger partial charge on any atom is -0.464 e. The van der Waals surface area contributed by atoms with Crippen LogP contribution in [0.3, 0.4) is 0 Å². The molecule has 3 N–H and O–H groups in total. The smallest absolute Gasteiger partial charge is 0.332 e. The number of carbonyl (C=O) groups is 2. The van der Waals surface area contributed by atoms with E-state index in [4.69, 9.17) is 5.73 Å². The van der Waals surface area contributed by atoms with Crippen molar-refractivity contribution in [3.05, 3.63) is 0 Å². The van der Waals surface area contributed by atoms with E-state index in [9.17, 15) is 9.59 Å². The van der Waals surface area contributed by atoms with Gasteiger partial charge in [0.2, 0.25) is 5.91 Å². The van der Waals surface area contributed by atoms with Crippen LogP contribution >= 0.6 is 0 Å². The van der Waals surface area contributed by atoms with E-state index in [1.807, 2.05) is 6.92 Å². The van der Waals surface area contributed by atoms with Crippen LogP contribution in [-0.2, 0) is 14.3 Å². The molecular formula is C10H18N2O3. The molecule has 1 amide bonds. The molecule has 0 aromatic heterocycles. The molecule has 0 spiro atoms. The van der Waals surface area contributed by atoms with Crippen molar-refractivity contribution in [2.75, 3.05) is 6.61 Å². The summed E-state index contributed by atoms with van der Waals surface area (Å²) in [6, 6.07) is -1.11. The molecule has 0 heterocycles. The minimum absolute atomic E-state index is 0.0953. The number of carbonyl (C=O) groups excluding carboxylic acids is 2. The summed E-state index contributed by atoms with van der Waals surface area (Å²) in [5.74, 6) is -0.575. The van der Waals surface area contributed by atoms with Crippen LogP contribution < -0.4 is 11.1 Å². The van der Waals surface area contributed by atoms with Gasteiger partial charge in [-0.25, -0.2) is 4.79 Å². The van der Waals surface area contributed by atoms with Gasteiger partial charge in [-0.1, -0.05) is 0 Å². The fourth-order valence-electron chi connectivity index (χ4n) is 1.37. The lowest BCUT2D eigenvalue weighted by molar-refractivity contribution is -0.148. The van der Waals surface area contributed by atoms with Crippen LogP contribution in [0, 0.1) is 5.92 Å². The summed E-state index contributed by atoms with van der Waals surface area (Å²) >= 11 is 0. The topological polar surface area (TPSA) is 81.4 Å². The monoisotopic (exact) mass is 214 g/mol. The van der Waals surface area contributed by atoms with E-state index in [2.05, 4.69) is 10.1 Å². The summed E-state index contributed by atoms with van der Waals surface area (Å²) in [6.07, 6.45) is 2.27. The Morgan fingerprint density at radius 3 is 2.60 bits per heavy atom. The quantitative estimate of drug-likeness (QED) is 0.490. The maximum Gasteiger partial charge on any atom is 0.332 e. The number of nitrogens with two attached hydrogens (primary N) is 1. The fourth-order valence-corrected chi connectivity index (χ4v) is 1.37. The molecule has 1 aliphatic carbocycles. The molecule has 0 aromatic carbocycles. The maximum atomic E-state index is 11.5. The van der Waals surface area contributed by atoms with Crippen LogP contribution in [0.25, 0.3) is 0 Å². The van der Waals surface area contributed by atoms with Crippen molar-refractivity contribution in [1.29, 1.82) is 0 Å². The molecule has 0 aliphatic heterocycles. The Kier molecular flexibility index (Phi) is 4.08. The number of amides is 1. The molecule has 0 radical (unpaired) electrons. The molecule has 1 aliphatic rings. The molecule has 1 saturated carbocycles. The zero-order valence-corrected chi connectivity index (χ0v) is 9.16. The van der Waals surface area contributed by atoms with Gasteiger partial charge in [-0.15, -0.1) is 0 Å². The van der Waals surface area contributed by atoms with Crippen molar-refractivity contribution in [2.24, 2.45) is 11.7 Å². The number of esters is 1. The van der Waals surface area contributed by atoms with Gasteiger partial charge in [-0.3, -0.25) is 4.79 Å². The Morgan fingerprint density at radius 2 is 2.13 bits per heavy atom. The molecule has 2 unspecified atom stereocenters. The lowest BCUT2D eigenvalue weighted by atomic mass is 10.2. The van der Waals surface area contributed by atoms with Crippen molar-refractivity contribution in [3.63, 3.8) is 0 Å². The summed E-state index contributed by atoms with van der Waals surface area (Å²) in [5, 5.41) is 2.72. The predicted molar refractivity (Wildman–Crippen MR) is 54.9 cm³/mol. The minimum atomic E-state index is -1.20. The molecule has 86 valence electrons. The third-order valence-electron chi connectivity index (χ3n) is 2.52. The van der Waals surface area contributed by atoms with Crippen LogP contribution in [0.2, 0.25) is 0 Å². The second kappa shape index (κ2) is 5.11. The molecule has 5 heteroatoms. The fraction of sp³-hybridized carbons (Fsp3) is 0.800. The lowest BCUT2D eigenvalue weighted by Gasteiger charge is -2.15. The molecule has 2 atom stereocenters. The number of rotatable bonds is 5. The van der Waals surface area contributed by atoms with Gasteiger partial charge in [0.1, 0.15) is 0 Å². The van der Waals surface area contributed by atoms with E-state index in [1.54, 1.807) is 6.92 Å². The molecule has 0 saturated heterocycles. The summed E-state index contributed by atoms with van der Waals surface area (Å²) in [5.41, 5.74) is 5.43. The standard InChI is InChI=1S/C10H18N2O3/c1-3-15-10(14)8(11)9(13)12-6(2)7-4-5-7/h6-8H,3-5,11H2,1-2H3,(H,12,13). The van der Waals surface area contributed by atoms with Gasteiger partial charge in [0.05, 0.1) is 6.61 Å². The van der Waals surface area contributed by atoms with Gasteiger partial charge in [0, 0.05) is 6.04 Å². The van der Waals surface area contributed by atoms with Crippen molar-refractivity contribution >= 4 is 11.9 Å². The summed E-state index contributed by atoms with van der Waals surface area (Å²) in [6.45, 7) is 3.83. The SMILES string of the molecule is CCOC(=O)C(N)C(=O)NC(C)C1CC1. The second-order valence-electron chi connectivity index (χ2n) is 3.86. The normalized spacial score (nSPS) is 19.1. The molecule has 0 aromatic rings. The van der Waals surface area contributed by atoms with Crippen LogP contribution in [-0.4, -0.2) is 30.6 Å². The van der Waals surface area contributed by atoms with E-state index in [-0.39, 0.29) is 12.6 Å². The van der Waals surface area contributed by atoms with E-state index >= 15 is 0 Å². The molecular weight excluding hydrogens is 196 g/mol. The van der Waals surface area contributed by atoms with E-state index < -0.39 is 17.9 Å². The van der Waals surface area contributed by atoms with Gasteiger partial charge < -0.3 is 15.8 Å². The van der Waals surface area contributed by atoms with E-state index in [1.165, 1.54) is 0 Å². The largest absolute Gasteiger partial charge is 0.464 e. The molecule has 1 fully saturated rings. The first kappa shape index (κ1) is 12.0. The average Bonchev–Trinajstić information content (AvgIpc) is 2.99. The number of ether oxygens (including phenoxy) is 1. The molecule has 0 bridgehead atoms. The van der Waals surface area contributed by atoms with Gasteiger partial charge in [0.15, 0.2) is 6.04 Å². The first-order valence-electron chi connectivity index (χ1n) is 5.28. The first-order valence-corrected chi connectivity index (χ1v) is 5.28. The van der Waals surface area contributed by atoms with Gasteiger partial charge >= 0.3 is 5.97 Å². The Morgan fingerprint density at radius 1 is 1.53 bits per heavy atom. The lowest BCUT2D eigenvalue weighted by Crippen LogP contribution is -2.49. The van der Waals surface area contributed by atoms with Gasteiger partial charge in [-0.05, 0) is 32.6 Å². The Bertz CT molecular complexity index is 251. The zero-order valence-electron chi connectivity index (χ0n) is 9.16. The Labute approximate surface area is 89.3 Å². The van der Waals surface area contributed by atoms with Gasteiger partial charge in [0.25, 0.3) is 0 Å². The third-order valence-corrected chi connectivity index (χ3v) is 2.52. The summed E-state index contributed by atoms with van der Waals surface area (Å²) < 4.78 is 4.66. The maximum absolute atomic E-state index is 11.5. The predicted octanol–water partition coefficient (Wildman–Crippen LogP) is -0.208. The molecule has 5 nitrogen and oxygen atoms in total. The van der Waals surface area contributed by atoms with E-state index in [0.29, 0.717) is 5.92 Å². The van der Waals surface area contributed by atoms with Crippen LogP contribution in [0.1, 0.15) is 26.7 Å². The average molecular weight is 214 g/mol. The first-order chi connectivity index (χ1) is 7.06. The third kappa shape index (κ3) is 3.51. The van der Waals surface area contributed by atoms with Crippen molar-refractivity contribution in [3.8, 4) is 0 Å². The number of hydrogen-bond acceptors (Lipinski definition) is 4.